The van der Waals surface area contributed by atoms with Gasteiger partial charge >= 0.3 is 0 Å². The van der Waals surface area contributed by atoms with Crippen LogP contribution in [0.3, 0.4) is 0 Å². The van der Waals surface area contributed by atoms with Gasteiger partial charge < -0.3 is 4.55 Å². The fraction of sp³-hybridized carbons (Fsp3) is 1.00. The van der Waals surface area contributed by atoms with Gasteiger partial charge in [-0.2, -0.15) is 0 Å². The summed E-state index contributed by atoms with van der Waals surface area (Å²) in [5.41, 5.74) is 0. The molecule has 0 aliphatic carbocycles. The molecule has 0 aromatic carbocycles. The first-order valence-corrected chi connectivity index (χ1v) is 5.38. The van der Waals surface area contributed by atoms with Crippen molar-refractivity contribution in [1.82, 2.24) is 0 Å². The van der Waals surface area contributed by atoms with Crippen molar-refractivity contribution in [3.05, 3.63) is 0 Å². The maximum absolute atomic E-state index is 9.97. The van der Waals surface area contributed by atoms with E-state index >= 15 is 0 Å². The molecule has 0 saturated carbocycles. The van der Waals surface area contributed by atoms with E-state index in [1.54, 1.807) is 6.26 Å². The predicted molar refractivity (Wildman–Crippen MR) is 35.8 cm³/mol. The van der Waals surface area contributed by atoms with Crippen LogP contribution in [0.5, 0.6) is 0 Å². The topological polar surface area (TPSA) is 49.4 Å². The summed E-state index contributed by atoms with van der Waals surface area (Å²) in [6.45, 7) is 0. The first-order chi connectivity index (χ1) is 3.56. The normalized spacial score (nSPS) is 17.8. The second-order valence-electron chi connectivity index (χ2n) is 0.933. The molecule has 0 aromatic rings. The Bertz CT molecular complexity index is 137. The van der Waals surface area contributed by atoms with Crippen LogP contribution >= 0.6 is 11.8 Å². The largest absolute Gasteiger partial charge is 0.748 e. The van der Waals surface area contributed by atoms with Crippen molar-refractivity contribution in [2.24, 2.45) is 0 Å². The molecule has 0 radical (unpaired) electrons. The van der Waals surface area contributed by atoms with E-state index < -0.39 is 9.05 Å². The van der Waals surface area contributed by atoms with Crippen LogP contribution < -0.4 is 0 Å². The van der Waals surface area contributed by atoms with E-state index in [0.29, 0.717) is 0 Å². The Balaban J connectivity index is 3.42. The number of rotatable bonds is 3. The first-order valence-electron chi connectivity index (χ1n) is 1.65. The average molecular weight is 173 g/mol. The molecular formula is C2H5O3S3-. The lowest BCUT2D eigenvalue weighted by atomic mass is 11.7. The van der Waals surface area contributed by atoms with Crippen LogP contribution in [0.4, 0.5) is 0 Å². The lowest BCUT2D eigenvalue weighted by Gasteiger charge is -2.07. The molecule has 0 aromatic heterocycles. The van der Waals surface area contributed by atoms with Gasteiger partial charge in [0, 0.05) is 0 Å². The Hall–Kier alpha value is 0.640. The highest BCUT2D eigenvalue weighted by Crippen LogP contribution is 1.95. The molecule has 1 unspecified atom stereocenters. The van der Waals surface area contributed by atoms with E-state index in [2.05, 4.69) is 15.4 Å². The molecular weight excluding hydrogens is 168 g/mol. The zero-order valence-corrected chi connectivity index (χ0v) is 6.61. The average Bonchev–Trinajstić information content (AvgIpc) is 1.59. The van der Waals surface area contributed by atoms with E-state index in [4.69, 9.17) is 0 Å². The molecule has 50 valence electrons. The predicted octanol–water partition coefficient (Wildman–Crippen LogP) is 0.115. The SMILES string of the molecule is CSCOS(=O)([O-])=S. The van der Waals surface area contributed by atoms with Gasteiger partial charge in [-0.3, -0.25) is 4.18 Å². The van der Waals surface area contributed by atoms with Crippen LogP contribution in [0.15, 0.2) is 0 Å². The summed E-state index contributed by atoms with van der Waals surface area (Å²) < 4.78 is 24.1. The van der Waals surface area contributed by atoms with Gasteiger partial charge in [-0.25, -0.2) is 4.21 Å². The summed E-state index contributed by atoms with van der Waals surface area (Å²) in [5, 5.41) is 0. The number of hydrogen-bond acceptors (Lipinski definition) is 5. The summed E-state index contributed by atoms with van der Waals surface area (Å²) in [5.74, 6) is 0.103. The third kappa shape index (κ3) is 6.64. The molecule has 1 atom stereocenters. The molecule has 0 heterocycles. The van der Waals surface area contributed by atoms with Crippen molar-refractivity contribution >= 4 is 32.0 Å². The number of hydrogen-bond donors (Lipinski definition) is 0. The minimum atomic E-state index is -3.62. The van der Waals surface area contributed by atoms with Crippen molar-refractivity contribution in [2.45, 2.75) is 0 Å². The zero-order chi connectivity index (χ0) is 6.62. The van der Waals surface area contributed by atoms with Crippen molar-refractivity contribution in [3.8, 4) is 0 Å². The van der Waals surface area contributed by atoms with Crippen LogP contribution in [-0.2, 0) is 24.4 Å². The van der Waals surface area contributed by atoms with Crippen molar-refractivity contribution < 1.29 is 12.9 Å². The molecule has 0 spiro atoms. The molecule has 0 saturated heterocycles. The quantitative estimate of drug-likeness (QED) is 0.567. The van der Waals surface area contributed by atoms with Crippen LogP contribution in [0.2, 0.25) is 0 Å². The Kier molecular flexibility index (Phi) is 3.91. The van der Waals surface area contributed by atoms with E-state index in [9.17, 15) is 8.76 Å². The summed E-state index contributed by atoms with van der Waals surface area (Å²) >= 11 is 5.15. The molecule has 0 rings (SSSR count). The van der Waals surface area contributed by atoms with E-state index in [0.717, 1.165) is 0 Å². The molecule has 0 fully saturated rings. The maximum Gasteiger partial charge on any atom is 0.108 e. The first kappa shape index (κ1) is 8.64. The van der Waals surface area contributed by atoms with Gasteiger partial charge in [0.2, 0.25) is 0 Å². The van der Waals surface area contributed by atoms with Gasteiger partial charge in [-0.05, 0) is 17.4 Å². The third-order valence-electron chi connectivity index (χ3n) is 0.310. The van der Waals surface area contributed by atoms with Gasteiger partial charge in [0.25, 0.3) is 0 Å². The van der Waals surface area contributed by atoms with Crippen molar-refractivity contribution in [2.75, 3.05) is 12.2 Å². The van der Waals surface area contributed by atoms with Gasteiger partial charge in [0.15, 0.2) is 0 Å². The monoisotopic (exact) mass is 173 g/mol. The fourth-order valence-electron chi connectivity index (χ4n) is 0.107. The van der Waals surface area contributed by atoms with Crippen molar-refractivity contribution in [1.29, 1.82) is 0 Å². The molecule has 3 nitrogen and oxygen atoms in total. The molecule has 0 aliphatic heterocycles. The Morgan fingerprint density at radius 3 is 2.62 bits per heavy atom. The smallest absolute Gasteiger partial charge is 0.108 e. The summed E-state index contributed by atoms with van der Waals surface area (Å²) in [6, 6.07) is 0. The zero-order valence-electron chi connectivity index (χ0n) is 4.16. The van der Waals surface area contributed by atoms with E-state index in [-0.39, 0.29) is 5.94 Å². The van der Waals surface area contributed by atoms with Gasteiger partial charge in [0.05, 0.1) is 9.05 Å². The lowest BCUT2D eigenvalue weighted by molar-refractivity contribution is 0.352. The maximum atomic E-state index is 9.97. The highest BCUT2D eigenvalue weighted by Gasteiger charge is 1.84. The Morgan fingerprint density at radius 1 is 2.00 bits per heavy atom. The van der Waals surface area contributed by atoms with Crippen molar-refractivity contribution in [3.63, 3.8) is 0 Å². The second kappa shape index (κ2) is 3.62. The Morgan fingerprint density at radius 2 is 2.50 bits per heavy atom. The number of thioether (sulfide) groups is 1. The molecule has 8 heavy (non-hydrogen) atoms. The summed E-state index contributed by atoms with van der Waals surface area (Å²) in [6.07, 6.45) is 1.72. The molecule has 6 heteroatoms. The highest BCUT2D eigenvalue weighted by atomic mass is 32.9. The molecule has 0 bridgehead atoms. The second-order valence-corrected chi connectivity index (χ2v) is 4.02. The summed E-state index contributed by atoms with van der Waals surface area (Å²) in [4.78, 5) is 0. The summed E-state index contributed by atoms with van der Waals surface area (Å²) in [7, 11) is -3.62. The van der Waals surface area contributed by atoms with E-state index in [1.807, 2.05) is 0 Å². The fourth-order valence-corrected chi connectivity index (χ4v) is 1.32. The minimum absolute atomic E-state index is 0.103. The van der Waals surface area contributed by atoms with Gasteiger partial charge in [-0.1, -0.05) is 0 Å². The van der Waals surface area contributed by atoms with Gasteiger partial charge in [0.1, 0.15) is 5.94 Å². The van der Waals surface area contributed by atoms with Crippen LogP contribution in [0.25, 0.3) is 0 Å². The molecule has 0 N–H and O–H groups in total. The van der Waals surface area contributed by atoms with Gasteiger partial charge in [-0.15, -0.1) is 11.8 Å². The van der Waals surface area contributed by atoms with Crippen LogP contribution in [0, 0.1) is 0 Å². The lowest BCUT2D eigenvalue weighted by Crippen LogP contribution is -2.00. The highest BCUT2D eigenvalue weighted by molar-refractivity contribution is 8.27. The van der Waals surface area contributed by atoms with Crippen LogP contribution in [-0.4, -0.2) is 21.0 Å². The van der Waals surface area contributed by atoms with E-state index in [1.165, 1.54) is 11.8 Å². The van der Waals surface area contributed by atoms with Crippen LogP contribution in [0.1, 0.15) is 0 Å². The molecule has 0 aliphatic rings. The third-order valence-corrected chi connectivity index (χ3v) is 1.51. The standard InChI is InChI=1S/C2H6O3S3/c1-7-2-5-8(3,4)6/h2H2,1H3,(H,3,4,6)/p-1. The Labute approximate surface area is 57.5 Å². The minimum Gasteiger partial charge on any atom is -0.748 e. The molecule has 0 amide bonds.